The summed E-state index contributed by atoms with van der Waals surface area (Å²) >= 11 is 5.08. The van der Waals surface area contributed by atoms with Gasteiger partial charge in [-0.25, -0.2) is 0 Å². The predicted molar refractivity (Wildman–Crippen MR) is 64.7 cm³/mol. The molecule has 0 aliphatic carbocycles. The van der Waals surface area contributed by atoms with E-state index in [9.17, 15) is 4.79 Å². The molecule has 2 unspecified atom stereocenters. The summed E-state index contributed by atoms with van der Waals surface area (Å²) in [5, 5.41) is 0. The topological polar surface area (TPSA) is 46.3 Å². The molecule has 1 aromatic heterocycles. The fourth-order valence-electron chi connectivity index (χ4n) is 2.04. The van der Waals surface area contributed by atoms with Crippen molar-refractivity contribution in [3.63, 3.8) is 0 Å². The van der Waals surface area contributed by atoms with E-state index in [1.54, 1.807) is 11.3 Å². The average molecular weight is 289 g/mol. The van der Waals surface area contributed by atoms with Gasteiger partial charge in [-0.05, 0) is 35.0 Å². The van der Waals surface area contributed by atoms with E-state index in [0.29, 0.717) is 6.42 Å². The molecule has 1 aliphatic rings. The highest BCUT2D eigenvalue weighted by atomic mass is 79.9. The van der Waals surface area contributed by atoms with Gasteiger partial charge in [-0.1, -0.05) is 0 Å². The highest BCUT2D eigenvalue weighted by molar-refractivity contribution is 9.11. The largest absolute Gasteiger partial charge is 0.333 e. The Morgan fingerprint density at radius 1 is 1.67 bits per heavy atom. The minimum Gasteiger partial charge on any atom is -0.333 e. The molecule has 0 aromatic carbocycles. The maximum absolute atomic E-state index is 11.6. The Bertz CT molecular complexity index is 379. The van der Waals surface area contributed by atoms with Crippen LogP contribution in [0.1, 0.15) is 24.3 Å². The van der Waals surface area contributed by atoms with Gasteiger partial charge in [0, 0.05) is 23.9 Å². The quantitative estimate of drug-likeness (QED) is 0.906. The second-order valence-corrected chi connectivity index (χ2v) is 6.13. The maximum Gasteiger partial charge on any atom is 0.224 e. The first-order chi connectivity index (χ1) is 7.13. The average Bonchev–Trinajstić information content (AvgIpc) is 2.70. The third-order valence-electron chi connectivity index (χ3n) is 2.70. The van der Waals surface area contributed by atoms with Crippen molar-refractivity contribution >= 4 is 33.2 Å². The second-order valence-electron chi connectivity index (χ2n) is 3.63. The zero-order valence-corrected chi connectivity index (χ0v) is 10.8. The summed E-state index contributed by atoms with van der Waals surface area (Å²) in [6, 6.07) is 4.05. The van der Waals surface area contributed by atoms with Crippen LogP contribution in [0.2, 0.25) is 0 Å². The summed E-state index contributed by atoms with van der Waals surface area (Å²) < 4.78 is 1.08. The molecule has 2 atom stereocenters. The van der Waals surface area contributed by atoms with Gasteiger partial charge in [0.25, 0.3) is 0 Å². The molecule has 2 N–H and O–H groups in total. The number of amides is 1. The van der Waals surface area contributed by atoms with Gasteiger partial charge in [-0.15, -0.1) is 11.3 Å². The Balaban J connectivity index is 2.30. The lowest BCUT2D eigenvalue weighted by atomic mass is 10.1. The number of rotatable bonds is 2. The molecular formula is C10H13BrN2OS. The number of nitrogens with two attached hydrogens (primary N) is 1. The van der Waals surface area contributed by atoms with Crippen LogP contribution in [0.4, 0.5) is 0 Å². The molecule has 0 radical (unpaired) electrons. The van der Waals surface area contributed by atoms with Gasteiger partial charge >= 0.3 is 0 Å². The summed E-state index contributed by atoms with van der Waals surface area (Å²) in [5.41, 5.74) is 6.01. The van der Waals surface area contributed by atoms with Gasteiger partial charge in [0.1, 0.15) is 0 Å². The van der Waals surface area contributed by atoms with Crippen LogP contribution in [0.5, 0.6) is 0 Å². The van der Waals surface area contributed by atoms with Crippen LogP contribution in [0.25, 0.3) is 0 Å². The van der Waals surface area contributed by atoms with Gasteiger partial charge in [-0.3, -0.25) is 4.79 Å². The molecule has 0 saturated carbocycles. The number of carbonyl (C=O) groups is 1. The Labute approximate surface area is 101 Å². The normalized spacial score (nSPS) is 26.3. The van der Waals surface area contributed by atoms with E-state index in [-0.39, 0.29) is 18.0 Å². The van der Waals surface area contributed by atoms with Crippen molar-refractivity contribution in [1.29, 1.82) is 0 Å². The van der Waals surface area contributed by atoms with E-state index in [1.807, 2.05) is 24.0 Å². The first kappa shape index (κ1) is 11.1. The number of hydrogen-bond donors (Lipinski definition) is 1. The van der Waals surface area contributed by atoms with Crippen molar-refractivity contribution < 1.29 is 4.79 Å². The second kappa shape index (κ2) is 4.23. The number of likely N-dealkylation sites (N-methyl/N-ethyl adjacent to an activating group) is 1. The summed E-state index contributed by atoms with van der Waals surface area (Å²) in [6.07, 6.45) is 0.466. The monoisotopic (exact) mass is 288 g/mol. The first-order valence-electron chi connectivity index (χ1n) is 4.93. The van der Waals surface area contributed by atoms with Crippen molar-refractivity contribution in [1.82, 2.24) is 4.90 Å². The lowest BCUT2D eigenvalue weighted by molar-refractivity contribution is -0.128. The number of halogens is 1. The highest BCUT2D eigenvalue weighted by Gasteiger charge is 2.38. The van der Waals surface area contributed by atoms with Crippen molar-refractivity contribution in [2.45, 2.75) is 25.4 Å². The highest BCUT2D eigenvalue weighted by Crippen LogP contribution is 2.37. The Morgan fingerprint density at radius 2 is 2.40 bits per heavy atom. The van der Waals surface area contributed by atoms with Crippen LogP contribution in [0.15, 0.2) is 15.9 Å². The minimum atomic E-state index is -0.0667. The number of carbonyl (C=O) groups excluding carboxylic acids is 1. The van der Waals surface area contributed by atoms with Crippen LogP contribution in [0, 0.1) is 0 Å². The van der Waals surface area contributed by atoms with Gasteiger partial charge in [0.2, 0.25) is 5.91 Å². The maximum atomic E-state index is 11.6. The molecule has 0 spiro atoms. The molecule has 82 valence electrons. The van der Waals surface area contributed by atoms with Crippen molar-refractivity contribution in [3.8, 4) is 0 Å². The number of nitrogens with zero attached hydrogens (tertiary/aromatic N) is 1. The van der Waals surface area contributed by atoms with E-state index in [1.165, 1.54) is 4.88 Å². The van der Waals surface area contributed by atoms with Crippen LogP contribution in [-0.4, -0.2) is 23.4 Å². The van der Waals surface area contributed by atoms with E-state index < -0.39 is 0 Å². The van der Waals surface area contributed by atoms with Gasteiger partial charge in [0.15, 0.2) is 0 Å². The fourth-order valence-corrected chi connectivity index (χ4v) is 3.65. The third kappa shape index (κ3) is 1.96. The Kier molecular flexibility index (Phi) is 3.13. The standard InChI is InChI=1S/C10H13BrN2OS/c1-2-13-9(14)5-6(12)10(13)7-3-4-8(11)15-7/h3-4,6,10H,2,5,12H2,1H3. The fraction of sp³-hybridized carbons (Fsp3) is 0.500. The third-order valence-corrected chi connectivity index (χ3v) is 4.39. The molecule has 0 bridgehead atoms. The smallest absolute Gasteiger partial charge is 0.224 e. The minimum absolute atomic E-state index is 0.0667. The summed E-state index contributed by atoms with van der Waals surface area (Å²) in [5.74, 6) is 0.166. The zero-order chi connectivity index (χ0) is 11.0. The molecule has 2 heterocycles. The molecule has 5 heteroatoms. The van der Waals surface area contributed by atoms with Crippen molar-refractivity contribution in [2.75, 3.05) is 6.54 Å². The van der Waals surface area contributed by atoms with Gasteiger partial charge < -0.3 is 10.6 Å². The predicted octanol–water partition coefficient (Wildman–Crippen LogP) is 2.13. The van der Waals surface area contributed by atoms with Crippen molar-refractivity contribution in [3.05, 3.63) is 20.8 Å². The van der Waals surface area contributed by atoms with E-state index in [0.717, 1.165) is 10.3 Å². The molecular weight excluding hydrogens is 276 g/mol. The SMILES string of the molecule is CCN1C(=O)CC(N)C1c1ccc(Br)s1. The molecule has 1 amide bonds. The van der Waals surface area contributed by atoms with Crippen LogP contribution in [-0.2, 0) is 4.79 Å². The Hall–Kier alpha value is -0.390. The molecule has 1 fully saturated rings. The number of hydrogen-bond acceptors (Lipinski definition) is 3. The molecule has 2 rings (SSSR count). The van der Waals surface area contributed by atoms with Crippen molar-refractivity contribution in [2.24, 2.45) is 5.73 Å². The van der Waals surface area contributed by atoms with Gasteiger partial charge in [-0.2, -0.15) is 0 Å². The Morgan fingerprint density at radius 3 is 2.93 bits per heavy atom. The molecule has 1 aromatic rings. The van der Waals surface area contributed by atoms with Crippen LogP contribution < -0.4 is 5.73 Å². The molecule has 3 nitrogen and oxygen atoms in total. The molecule has 1 aliphatic heterocycles. The lowest BCUT2D eigenvalue weighted by Gasteiger charge is -2.24. The van der Waals surface area contributed by atoms with Gasteiger partial charge in [0.05, 0.1) is 9.83 Å². The van der Waals surface area contributed by atoms with E-state index in [2.05, 4.69) is 15.9 Å². The first-order valence-corrected chi connectivity index (χ1v) is 6.54. The van der Waals surface area contributed by atoms with Crippen LogP contribution >= 0.6 is 27.3 Å². The summed E-state index contributed by atoms with van der Waals surface area (Å²) in [7, 11) is 0. The van der Waals surface area contributed by atoms with E-state index in [4.69, 9.17) is 5.73 Å². The van der Waals surface area contributed by atoms with E-state index >= 15 is 0 Å². The number of likely N-dealkylation sites (tertiary alicyclic amines) is 1. The number of thiophene rings is 1. The lowest BCUT2D eigenvalue weighted by Crippen LogP contribution is -2.32. The molecule has 15 heavy (non-hydrogen) atoms. The summed E-state index contributed by atoms with van der Waals surface area (Å²) in [4.78, 5) is 14.7. The molecule has 1 saturated heterocycles. The zero-order valence-electron chi connectivity index (χ0n) is 8.44. The van der Waals surface area contributed by atoms with Crippen LogP contribution in [0.3, 0.4) is 0 Å². The summed E-state index contributed by atoms with van der Waals surface area (Å²) in [6.45, 7) is 2.72.